The summed E-state index contributed by atoms with van der Waals surface area (Å²) in [6, 6.07) is 5.44. The fourth-order valence-corrected chi connectivity index (χ4v) is 4.13. The number of aliphatic hydroxyl groups is 1. The van der Waals surface area contributed by atoms with Crippen LogP contribution >= 0.6 is 23.2 Å². The van der Waals surface area contributed by atoms with Crippen molar-refractivity contribution in [3.63, 3.8) is 0 Å². The molecular weight excluding hydrogens is 383 g/mol. The average molecular weight is 409 g/mol. The highest BCUT2D eigenvalue weighted by molar-refractivity contribution is 6.43. The third-order valence-electron chi connectivity index (χ3n) is 5.78. The Hall–Kier alpha value is -1.40. The number of rotatable bonds is 5. The van der Waals surface area contributed by atoms with Gasteiger partial charge in [0.25, 0.3) is 0 Å². The molecule has 0 unspecified atom stereocenters. The normalized spacial score (nSPS) is 16.6. The second-order valence-corrected chi connectivity index (χ2v) is 8.02. The Morgan fingerprint density at radius 2 is 1.93 bits per heavy atom. The maximum Gasteiger partial charge on any atom is 0.153 e. The molecule has 0 amide bonds. The minimum Gasteiger partial charge on any atom is -0.390 e. The van der Waals surface area contributed by atoms with E-state index in [-0.39, 0.29) is 12.0 Å². The molecule has 1 aliphatic heterocycles. The third kappa shape index (κ3) is 3.92. The molecule has 2 aromatic rings. The maximum absolute atomic E-state index is 9.92. The summed E-state index contributed by atoms with van der Waals surface area (Å²) < 4.78 is 0. The quantitative estimate of drug-likeness (QED) is 0.774. The van der Waals surface area contributed by atoms with Gasteiger partial charge in [0.05, 0.1) is 28.0 Å². The highest BCUT2D eigenvalue weighted by atomic mass is 35.5. The van der Waals surface area contributed by atoms with Crippen molar-refractivity contribution in [2.45, 2.75) is 39.7 Å². The lowest BCUT2D eigenvalue weighted by Crippen LogP contribution is -2.44. The molecule has 146 valence electrons. The second-order valence-electron chi connectivity index (χ2n) is 7.23. The van der Waals surface area contributed by atoms with Crippen LogP contribution in [-0.2, 0) is 6.61 Å². The third-order valence-corrected chi connectivity index (χ3v) is 6.60. The minimum atomic E-state index is -0.180. The molecule has 0 spiro atoms. The van der Waals surface area contributed by atoms with Crippen LogP contribution in [0.15, 0.2) is 18.2 Å². The van der Waals surface area contributed by atoms with Crippen molar-refractivity contribution in [2.75, 3.05) is 24.5 Å². The largest absolute Gasteiger partial charge is 0.390 e. The van der Waals surface area contributed by atoms with Gasteiger partial charge >= 0.3 is 0 Å². The van der Waals surface area contributed by atoms with Gasteiger partial charge in [-0.25, -0.2) is 9.97 Å². The molecule has 1 saturated heterocycles. The molecule has 5 nitrogen and oxygen atoms in total. The first kappa shape index (κ1) is 20.3. The Labute approximate surface area is 170 Å². The van der Waals surface area contributed by atoms with E-state index >= 15 is 0 Å². The molecule has 1 aliphatic rings. The summed E-state index contributed by atoms with van der Waals surface area (Å²) in [5.41, 5.74) is 8.92. The van der Waals surface area contributed by atoms with E-state index in [4.69, 9.17) is 38.9 Å². The van der Waals surface area contributed by atoms with Gasteiger partial charge in [-0.05, 0) is 44.2 Å². The fraction of sp³-hybridized carbons (Fsp3) is 0.500. The van der Waals surface area contributed by atoms with Crippen molar-refractivity contribution >= 4 is 29.0 Å². The van der Waals surface area contributed by atoms with Crippen LogP contribution in [-0.4, -0.2) is 34.7 Å². The Balaban J connectivity index is 1.95. The molecule has 0 saturated carbocycles. The number of anilines is 1. The molecule has 1 aromatic carbocycles. The van der Waals surface area contributed by atoms with Crippen molar-refractivity contribution in [1.29, 1.82) is 0 Å². The number of piperidine rings is 1. The molecule has 1 fully saturated rings. The van der Waals surface area contributed by atoms with Crippen molar-refractivity contribution in [3.8, 4) is 11.3 Å². The number of nitrogens with zero attached hydrogens (tertiary/aromatic N) is 3. The number of hydrogen-bond donors (Lipinski definition) is 2. The van der Waals surface area contributed by atoms with E-state index in [1.165, 1.54) is 0 Å². The van der Waals surface area contributed by atoms with Gasteiger partial charge in [0.1, 0.15) is 5.69 Å². The minimum absolute atomic E-state index is 0.180. The van der Waals surface area contributed by atoms with Crippen LogP contribution in [0.1, 0.15) is 37.6 Å². The Bertz CT molecular complexity index is 814. The van der Waals surface area contributed by atoms with Crippen LogP contribution in [0, 0.1) is 12.3 Å². The highest BCUT2D eigenvalue weighted by Gasteiger charge is 2.33. The number of nitrogens with two attached hydrogens (primary N) is 1. The number of aryl methyl sites for hydroxylation is 1. The molecule has 27 heavy (non-hydrogen) atoms. The van der Waals surface area contributed by atoms with Crippen LogP contribution in [0.2, 0.25) is 10.0 Å². The van der Waals surface area contributed by atoms with Gasteiger partial charge in [-0.3, -0.25) is 0 Å². The molecule has 3 rings (SSSR count). The Morgan fingerprint density at radius 3 is 2.52 bits per heavy atom. The van der Waals surface area contributed by atoms with Crippen molar-refractivity contribution in [1.82, 2.24) is 9.97 Å². The number of aromatic nitrogens is 2. The van der Waals surface area contributed by atoms with Crippen molar-refractivity contribution in [2.24, 2.45) is 11.1 Å². The van der Waals surface area contributed by atoms with Crippen LogP contribution in [0.3, 0.4) is 0 Å². The monoisotopic (exact) mass is 408 g/mol. The van der Waals surface area contributed by atoms with Gasteiger partial charge in [-0.2, -0.15) is 0 Å². The van der Waals surface area contributed by atoms with E-state index in [9.17, 15) is 5.11 Å². The van der Waals surface area contributed by atoms with Crippen LogP contribution in [0.4, 0.5) is 5.82 Å². The number of benzene rings is 1. The smallest absolute Gasteiger partial charge is 0.153 e. The number of hydrogen-bond acceptors (Lipinski definition) is 5. The molecule has 0 radical (unpaired) electrons. The van der Waals surface area contributed by atoms with Gasteiger partial charge in [0, 0.05) is 18.7 Å². The summed E-state index contributed by atoms with van der Waals surface area (Å²) in [7, 11) is 0. The van der Waals surface area contributed by atoms with Crippen LogP contribution in [0.5, 0.6) is 0 Å². The lowest BCUT2D eigenvalue weighted by atomic mass is 9.76. The number of aliphatic hydroxyl groups excluding tert-OH is 1. The molecular formula is C20H26Cl2N4O. The SMILES string of the molecule is CCC1(CN)CCN(c2nc(C)c(-c3cccc(Cl)c3Cl)nc2CO)CC1. The van der Waals surface area contributed by atoms with E-state index in [1.54, 1.807) is 6.07 Å². The van der Waals surface area contributed by atoms with Gasteiger partial charge < -0.3 is 15.7 Å². The van der Waals surface area contributed by atoms with E-state index < -0.39 is 0 Å². The molecule has 0 atom stereocenters. The Morgan fingerprint density at radius 1 is 1.22 bits per heavy atom. The van der Waals surface area contributed by atoms with Crippen LogP contribution in [0.25, 0.3) is 11.3 Å². The highest BCUT2D eigenvalue weighted by Crippen LogP contribution is 2.38. The lowest BCUT2D eigenvalue weighted by molar-refractivity contribution is 0.217. The van der Waals surface area contributed by atoms with E-state index in [0.717, 1.165) is 49.4 Å². The van der Waals surface area contributed by atoms with E-state index in [0.29, 0.717) is 28.0 Å². The standard InChI is InChI=1S/C20H26Cl2N4O/c1-3-20(12-23)7-9-26(10-8-20)19-16(11-27)25-18(13(2)24-19)14-5-4-6-15(21)17(14)22/h4-6,27H,3,7-12,23H2,1-2H3. The Kier molecular flexibility index (Phi) is 6.26. The summed E-state index contributed by atoms with van der Waals surface area (Å²) >= 11 is 12.5. The topological polar surface area (TPSA) is 75.3 Å². The maximum atomic E-state index is 9.92. The van der Waals surface area contributed by atoms with Gasteiger partial charge in [0.15, 0.2) is 5.82 Å². The summed E-state index contributed by atoms with van der Waals surface area (Å²) in [6.45, 7) is 6.37. The zero-order chi connectivity index (χ0) is 19.6. The average Bonchev–Trinajstić information content (AvgIpc) is 2.70. The lowest BCUT2D eigenvalue weighted by Gasteiger charge is -2.41. The van der Waals surface area contributed by atoms with E-state index in [1.807, 2.05) is 19.1 Å². The van der Waals surface area contributed by atoms with Crippen LogP contribution < -0.4 is 10.6 Å². The fourth-order valence-electron chi connectivity index (χ4n) is 3.74. The second kappa shape index (κ2) is 8.31. The van der Waals surface area contributed by atoms with Crippen molar-refractivity contribution < 1.29 is 5.11 Å². The summed E-state index contributed by atoms with van der Waals surface area (Å²) in [6.07, 6.45) is 3.13. The summed E-state index contributed by atoms with van der Waals surface area (Å²) in [5.74, 6) is 0.749. The number of halogens is 2. The van der Waals surface area contributed by atoms with Crippen molar-refractivity contribution in [3.05, 3.63) is 39.6 Å². The molecule has 0 bridgehead atoms. The predicted octanol–water partition coefficient (Wildman–Crippen LogP) is 4.21. The zero-order valence-corrected chi connectivity index (χ0v) is 17.3. The van der Waals surface area contributed by atoms with Gasteiger partial charge in [0.2, 0.25) is 0 Å². The van der Waals surface area contributed by atoms with E-state index in [2.05, 4.69) is 11.8 Å². The molecule has 2 heterocycles. The summed E-state index contributed by atoms with van der Waals surface area (Å²) in [5, 5.41) is 10.8. The first-order chi connectivity index (χ1) is 12.9. The molecule has 1 aromatic heterocycles. The molecule has 0 aliphatic carbocycles. The summed E-state index contributed by atoms with van der Waals surface area (Å²) in [4.78, 5) is 11.7. The van der Waals surface area contributed by atoms with Gasteiger partial charge in [-0.1, -0.05) is 42.3 Å². The first-order valence-electron chi connectivity index (χ1n) is 9.32. The predicted molar refractivity (Wildman–Crippen MR) is 111 cm³/mol. The van der Waals surface area contributed by atoms with Gasteiger partial charge in [-0.15, -0.1) is 0 Å². The molecule has 7 heteroatoms. The zero-order valence-electron chi connectivity index (χ0n) is 15.8. The first-order valence-corrected chi connectivity index (χ1v) is 10.1. The molecule has 3 N–H and O–H groups in total.